The van der Waals surface area contributed by atoms with Crippen LogP contribution in [0.5, 0.6) is 0 Å². The standard InChI is InChI=1S/C22H22FN3O/c1-15-12-16(2)26(25-15)20-9-4-8-19(14-20)24-21(27)22(10-5-11-22)17-6-3-7-18(23)13-17/h3-4,6-9,12-14H,5,10-11H2,1-2H3,(H,24,27). The molecular weight excluding hydrogens is 341 g/mol. The molecule has 1 aliphatic rings. The van der Waals surface area contributed by atoms with Crippen molar-refractivity contribution >= 4 is 11.6 Å². The molecule has 4 rings (SSSR count). The molecular formula is C22H22FN3O. The minimum absolute atomic E-state index is 0.0788. The van der Waals surface area contributed by atoms with Gasteiger partial charge in [0.25, 0.3) is 0 Å². The minimum Gasteiger partial charge on any atom is -0.325 e. The summed E-state index contributed by atoms with van der Waals surface area (Å²) in [7, 11) is 0. The summed E-state index contributed by atoms with van der Waals surface area (Å²) in [6, 6.07) is 16.0. The molecule has 1 aliphatic carbocycles. The van der Waals surface area contributed by atoms with E-state index in [-0.39, 0.29) is 11.7 Å². The molecule has 0 bridgehead atoms. The quantitative estimate of drug-likeness (QED) is 0.731. The summed E-state index contributed by atoms with van der Waals surface area (Å²) in [5.41, 5.74) is 3.70. The topological polar surface area (TPSA) is 46.9 Å². The zero-order valence-electron chi connectivity index (χ0n) is 15.5. The molecule has 1 aromatic heterocycles. The van der Waals surface area contributed by atoms with Crippen molar-refractivity contribution in [3.05, 3.63) is 77.4 Å². The maximum atomic E-state index is 13.7. The zero-order valence-corrected chi connectivity index (χ0v) is 15.5. The Bertz CT molecular complexity index is 1000. The van der Waals surface area contributed by atoms with Gasteiger partial charge in [-0.15, -0.1) is 0 Å². The van der Waals surface area contributed by atoms with E-state index >= 15 is 0 Å². The first-order valence-electron chi connectivity index (χ1n) is 9.19. The van der Waals surface area contributed by atoms with E-state index < -0.39 is 5.41 Å². The Balaban J connectivity index is 1.61. The fourth-order valence-electron chi connectivity index (χ4n) is 3.82. The lowest BCUT2D eigenvalue weighted by Gasteiger charge is -2.40. The largest absolute Gasteiger partial charge is 0.325 e. The average molecular weight is 363 g/mol. The average Bonchev–Trinajstić information content (AvgIpc) is 2.92. The molecule has 0 atom stereocenters. The molecule has 0 unspecified atom stereocenters. The number of rotatable bonds is 4. The summed E-state index contributed by atoms with van der Waals surface area (Å²) in [6.07, 6.45) is 2.44. The maximum absolute atomic E-state index is 13.7. The monoisotopic (exact) mass is 363 g/mol. The molecule has 0 radical (unpaired) electrons. The number of carbonyl (C=O) groups excluding carboxylic acids is 1. The number of halogens is 1. The second kappa shape index (κ2) is 6.65. The molecule has 1 N–H and O–H groups in total. The first-order valence-corrected chi connectivity index (χ1v) is 9.19. The maximum Gasteiger partial charge on any atom is 0.235 e. The van der Waals surface area contributed by atoms with Gasteiger partial charge in [0, 0.05) is 11.4 Å². The number of hydrogen-bond acceptors (Lipinski definition) is 2. The van der Waals surface area contributed by atoms with E-state index in [0.717, 1.165) is 41.9 Å². The van der Waals surface area contributed by atoms with Gasteiger partial charge in [-0.25, -0.2) is 9.07 Å². The van der Waals surface area contributed by atoms with E-state index in [1.807, 2.05) is 54.9 Å². The van der Waals surface area contributed by atoms with Gasteiger partial charge in [0.1, 0.15) is 5.82 Å². The lowest BCUT2D eigenvalue weighted by molar-refractivity contribution is -0.124. The lowest BCUT2D eigenvalue weighted by atomic mass is 9.63. The smallest absolute Gasteiger partial charge is 0.235 e. The van der Waals surface area contributed by atoms with E-state index in [2.05, 4.69) is 10.4 Å². The number of amides is 1. The summed E-state index contributed by atoms with van der Waals surface area (Å²) in [4.78, 5) is 13.1. The molecule has 138 valence electrons. The predicted octanol–water partition coefficient (Wildman–Crippen LogP) is 4.69. The highest BCUT2D eigenvalue weighted by atomic mass is 19.1. The number of nitrogens with zero attached hydrogens (tertiary/aromatic N) is 2. The number of aryl methyl sites for hydroxylation is 2. The summed E-state index contributed by atoms with van der Waals surface area (Å²) >= 11 is 0. The third-order valence-electron chi connectivity index (χ3n) is 5.38. The third kappa shape index (κ3) is 3.14. The van der Waals surface area contributed by atoms with Gasteiger partial charge in [-0.2, -0.15) is 5.10 Å². The summed E-state index contributed by atoms with van der Waals surface area (Å²) < 4.78 is 15.5. The number of aromatic nitrogens is 2. The number of hydrogen-bond donors (Lipinski definition) is 1. The molecule has 1 fully saturated rings. The summed E-state index contributed by atoms with van der Waals surface area (Å²) in [5.74, 6) is -0.386. The Kier molecular flexibility index (Phi) is 4.30. The van der Waals surface area contributed by atoms with Gasteiger partial charge in [0.15, 0.2) is 0 Å². The van der Waals surface area contributed by atoms with Crippen LogP contribution in [-0.2, 0) is 10.2 Å². The third-order valence-corrected chi connectivity index (χ3v) is 5.38. The van der Waals surface area contributed by atoms with Crippen LogP contribution in [0.25, 0.3) is 5.69 Å². The Labute approximate surface area is 158 Å². The van der Waals surface area contributed by atoms with Crippen LogP contribution in [0.1, 0.15) is 36.2 Å². The van der Waals surface area contributed by atoms with Crippen molar-refractivity contribution in [3.8, 4) is 5.69 Å². The van der Waals surface area contributed by atoms with E-state index in [9.17, 15) is 9.18 Å². The van der Waals surface area contributed by atoms with Gasteiger partial charge >= 0.3 is 0 Å². The van der Waals surface area contributed by atoms with Gasteiger partial charge in [0.2, 0.25) is 5.91 Å². The van der Waals surface area contributed by atoms with Crippen molar-refractivity contribution in [1.29, 1.82) is 0 Å². The van der Waals surface area contributed by atoms with Crippen molar-refractivity contribution < 1.29 is 9.18 Å². The molecule has 0 saturated heterocycles. The van der Waals surface area contributed by atoms with Crippen LogP contribution in [0.2, 0.25) is 0 Å². The Hall–Kier alpha value is -2.95. The van der Waals surface area contributed by atoms with Crippen molar-refractivity contribution in [2.45, 2.75) is 38.5 Å². The number of benzene rings is 2. The highest BCUT2D eigenvalue weighted by Crippen LogP contribution is 2.44. The Morgan fingerprint density at radius 1 is 1.11 bits per heavy atom. The van der Waals surface area contributed by atoms with Crippen molar-refractivity contribution in [1.82, 2.24) is 9.78 Å². The molecule has 0 spiro atoms. The molecule has 1 heterocycles. The lowest BCUT2D eigenvalue weighted by Crippen LogP contribution is -2.46. The van der Waals surface area contributed by atoms with Crippen LogP contribution < -0.4 is 5.32 Å². The van der Waals surface area contributed by atoms with Crippen LogP contribution in [0.3, 0.4) is 0 Å². The second-order valence-electron chi connectivity index (χ2n) is 7.29. The SMILES string of the molecule is Cc1cc(C)n(-c2cccc(NC(=O)C3(c4cccc(F)c4)CCC3)c2)n1. The van der Waals surface area contributed by atoms with E-state index in [0.29, 0.717) is 5.69 Å². The molecule has 1 amide bonds. The molecule has 3 aromatic rings. The molecule has 2 aromatic carbocycles. The Morgan fingerprint density at radius 3 is 2.52 bits per heavy atom. The zero-order chi connectivity index (χ0) is 19.0. The predicted molar refractivity (Wildman–Crippen MR) is 104 cm³/mol. The fourth-order valence-corrected chi connectivity index (χ4v) is 3.82. The van der Waals surface area contributed by atoms with Gasteiger partial charge in [-0.05, 0) is 68.7 Å². The highest BCUT2D eigenvalue weighted by Gasteiger charge is 2.45. The van der Waals surface area contributed by atoms with Crippen LogP contribution in [-0.4, -0.2) is 15.7 Å². The van der Waals surface area contributed by atoms with E-state index in [4.69, 9.17) is 0 Å². The first-order chi connectivity index (χ1) is 13.0. The fraction of sp³-hybridized carbons (Fsp3) is 0.273. The summed E-state index contributed by atoms with van der Waals surface area (Å²) in [5, 5.41) is 7.53. The first kappa shape index (κ1) is 17.5. The number of carbonyl (C=O) groups is 1. The van der Waals surface area contributed by atoms with Crippen molar-refractivity contribution in [2.75, 3.05) is 5.32 Å². The van der Waals surface area contributed by atoms with Crippen LogP contribution in [0.15, 0.2) is 54.6 Å². The number of anilines is 1. The molecule has 4 nitrogen and oxygen atoms in total. The molecule has 1 saturated carbocycles. The number of nitrogens with one attached hydrogen (secondary N) is 1. The molecule has 27 heavy (non-hydrogen) atoms. The van der Waals surface area contributed by atoms with Gasteiger partial charge < -0.3 is 5.32 Å². The Morgan fingerprint density at radius 2 is 1.89 bits per heavy atom. The second-order valence-corrected chi connectivity index (χ2v) is 7.29. The van der Waals surface area contributed by atoms with Gasteiger partial charge in [-0.3, -0.25) is 4.79 Å². The van der Waals surface area contributed by atoms with Gasteiger partial charge in [0.05, 0.1) is 16.8 Å². The highest BCUT2D eigenvalue weighted by molar-refractivity contribution is 6.00. The molecule has 0 aliphatic heterocycles. The van der Waals surface area contributed by atoms with Crippen LogP contribution >= 0.6 is 0 Å². The van der Waals surface area contributed by atoms with Crippen LogP contribution in [0, 0.1) is 19.7 Å². The minimum atomic E-state index is -0.643. The summed E-state index contributed by atoms with van der Waals surface area (Å²) in [6.45, 7) is 3.95. The van der Waals surface area contributed by atoms with Gasteiger partial charge in [-0.1, -0.05) is 24.6 Å². The van der Waals surface area contributed by atoms with Crippen molar-refractivity contribution in [2.24, 2.45) is 0 Å². The normalized spacial score (nSPS) is 15.2. The van der Waals surface area contributed by atoms with E-state index in [1.165, 1.54) is 12.1 Å². The van der Waals surface area contributed by atoms with Crippen LogP contribution in [0.4, 0.5) is 10.1 Å². The molecule has 5 heteroatoms. The van der Waals surface area contributed by atoms with Crippen molar-refractivity contribution in [3.63, 3.8) is 0 Å². The van der Waals surface area contributed by atoms with E-state index in [1.54, 1.807) is 6.07 Å².